The molecule has 9 nitrogen and oxygen atoms in total. The SMILES string of the molecule is CC1CN(c2ncnc3[nH]ccc23)CCN1c1ccc2nncn2n1. The molecule has 1 aliphatic heterocycles. The van der Waals surface area contributed by atoms with E-state index < -0.39 is 0 Å². The largest absolute Gasteiger partial charge is 0.352 e. The van der Waals surface area contributed by atoms with Crippen LogP contribution in [0.2, 0.25) is 0 Å². The molecule has 126 valence electrons. The number of H-pyrrole nitrogens is 1. The van der Waals surface area contributed by atoms with Crippen molar-refractivity contribution in [2.24, 2.45) is 0 Å². The normalized spacial score (nSPS) is 18.4. The molecular formula is C16H17N9. The molecule has 0 saturated carbocycles. The number of hydrogen-bond acceptors (Lipinski definition) is 7. The summed E-state index contributed by atoms with van der Waals surface area (Å²) in [5.41, 5.74) is 1.63. The van der Waals surface area contributed by atoms with E-state index in [1.807, 2.05) is 24.4 Å². The van der Waals surface area contributed by atoms with Crippen LogP contribution in [-0.2, 0) is 0 Å². The van der Waals surface area contributed by atoms with Gasteiger partial charge >= 0.3 is 0 Å². The number of piperazine rings is 1. The summed E-state index contributed by atoms with van der Waals surface area (Å²) >= 11 is 0. The van der Waals surface area contributed by atoms with Crippen molar-refractivity contribution in [1.82, 2.24) is 34.8 Å². The highest BCUT2D eigenvalue weighted by molar-refractivity contribution is 5.87. The Morgan fingerprint density at radius 3 is 3.04 bits per heavy atom. The Bertz CT molecular complexity index is 1040. The fourth-order valence-corrected chi connectivity index (χ4v) is 3.47. The van der Waals surface area contributed by atoms with Gasteiger partial charge in [0.15, 0.2) is 5.65 Å². The molecule has 0 bridgehead atoms. The summed E-state index contributed by atoms with van der Waals surface area (Å²) in [5, 5.41) is 13.6. The first-order valence-corrected chi connectivity index (χ1v) is 8.26. The molecule has 0 spiro atoms. The van der Waals surface area contributed by atoms with Crippen LogP contribution in [0.3, 0.4) is 0 Å². The molecule has 0 amide bonds. The third-order valence-electron chi connectivity index (χ3n) is 4.70. The van der Waals surface area contributed by atoms with E-state index in [-0.39, 0.29) is 0 Å². The molecular weight excluding hydrogens is 318 g/mol. The van der Waals surface area contributed by atoms with Gasteiger partial charge in [-0.2, -0.15) is 4.52 Å². The zero-order valence-corrected chi connectivity index (χ0v) is 13.7. The van der Waals surface area contributed by atoms with Gasteiger partial charge in [0.2, 0.25) is 0 Å². The average molecular weight is 335 g/mol. The molecule has 1 N–H and O–H groups in total. The summed E-state index contributed by atoms with van der Waals surface area (Å²) in [4.78, 5) is 16.6. The van der Waals surface area contributed by atoms with E-state index in [1.165, 1.54) is 0 Å². The molecule has 9 heteroatoms. The summed E-state index contributed by atoms with van der Waals surface area (Å²) < 4.78 is 1.71. The smallest absolute Gasteiger partial charge is 0.177 e. The lowest BCUT2D eigenvalue weighted by Crippen LogP contribution is -2.52. The fourth-order valence-electron chi connectivity index (χ4n) is 3.47. The molecule has 25 heavy (non-hydrogen) atoms. The minimum atomic E-state index is 0.305. The molecule has 1 saturated heterocycles. The quantitative estimate of drug-likeness (QED) is 0.587. The lowest BCUT2D eigenvalue weighted by molar-refractivity contribution is 0.540. The number of fused-ring (bicyclic) bond motifs is 2. The summed E-state index contributed by atoms with van der Waals surface area (Å²) in [6.07, 6.45) is 5.15. The predicted octanol–water partition coefficient (Wildman–Crippen LogP) is 1.11. The minimum Gasteiger partial charge on any atom is -0.352 e. The Balaban J connectivity index is 1.42. The lowest BCUT2D eigenvalue weighted by atomic mass is 10.1. The van der Waals surface area contributed by atoms with Crippen LogP contribution in [0.25, 0.3) is 16.7 Å². The molecule has 5 rings (SSSR count). The molecule has 0 radical (unpaired) electrons. The van der Waals surface area contributed by atoms with Crippen LogP contribution in [0, 0.1) is 0 Å². The molecule has 5 heterocycles. The van der Waals surface area contributed by atoms with Crippen molar-refractivity contribution >= 4 is 28.3 Å². The van der Waals surface area contributed by atoms with Gasteiger partial charge in [0.05, 0.1) is 5.39 Å². The van der Waals surface area contributed by atoms with Crippen LogP contribution in [-0.4, -0.2) is 60.4 Å². The van der Waals surface area contributed by atoms with E-state index in [2.05, 4.69) is 47.0 Å². The number of hydrogen-bond donors (Lipinski definition) is 1. The number of nitrogens with zero attached hydrogens (tertiary/aromatic N) is 8. The van der Waals surface area contributed by atoms with E-state index in [1.54, 1.807) is 17.2 Å². The first kappa shape index (κ1) is 14.1. The van der Waals surface area contributed by atoms with Crippen molar-refractivity contribution in [3.63, 3.8) is 0 Å². The Morgan fingerprint density at radius 2 is 2.12 bits per heavy atom. The third kappa shape index (κ3) is 2.27. The van der Waals surface area contributed by atoms with Crippen LogP contribution >= 0.6 is 0 Å². The molecule has 0 aliphatic carbocycles. The molecule has 4 aromatic heterocycles. The van der Waals surface area contributed by atoms with Gasteiger partial charge in [0, 0.05) is 31.9 Å². The summed E-state index contributed by atoms with van der Waals surface area (Å²) in [5.74, 6) is 1.92. The minimum absolute atomic E-state index is 0.305. The van der Waals surface area contributed by atoms with E-state index >= 15 is 0 Å². The highest BCUT2D eigenvalue weighted by Gasteiger charge is 2.27. The van der Waals surface area contributed by atoms with Gasteiger partial charge < -0.3 is 14.8 Å². The maximum atomic E-state index is 4.62. The second kappa shape index (κ2) is 5.40. The fraction of sp³-hybridized carbons (Fsp3) is 0.312. The third-order valence-corrected chi connectivity index (χ3v) is 4.70. The molecule has 1 unspecified atom stereocenters. The number of aromatic nitrogens is 7. The highest BCUT2D eigenvalue weighted by atomic mass is 15.4. The van der Waals surface area contributed by atoms with Crippen LogP contribution in [0.15, 0.2) is 37.1 Å². The maximum Gasteiger partial charge on any atom is 0.177 e. The second-order valence-electron chi connectivity index (χ2n) is 6.25. The number of nitrogens with one attached hydrogen (secondary N) is 1. The van der Waals surface area contributed by atoms with Crippen molar-refractivity contribution in [1.29, 1.82) is 0 Å². The monoisotopic (exact) mass is 335 g/mol. The second-order valence-corrected chi connectivity index (χ2v) is 6.25. The van der Waals surface area contributed by atoms with Gasteiger partial charge in [-0.05, 0) is 25.1 Å². The Kier molecular flexibility index (Phi) is 3.06. The number of aromatic amines is 1. The topological polar surface area (TPSA) is 91.1 Å². The molecule has 1 atom stereocenters. The zero-order chi connectivity index (χ0) is 16.8. The summed E-state index contributed by atoms with van der Waals surface area (Å²) in [6.45, 7) is 4.83. The number of anilines is 2. The van der Waals surface area contributed by atoms with Gasteiger partial charge in [-0.15, -0.1) is 15.3 Å². The van der Waals surface area contributed by atoms with E-state index in [9.17, 15) is 0 Å². The van der Waals surface area contributed by atoms with Gasteiger partial charge in [-0.25, -0.2) is 9.97 Å². The molecule has 4 aromatic rings. The molecule has 1 aliphatic rings. The Labute approximate surface area is 143 Å². The lowest BCUT2D eigenvalue weighted by Gasteiger charge is -2.41. The van der Waals surface area contributed by atoms with Crippen LogP contribution in [0.4, 0.5) is 11.6 Å². The van der Waals surface area contributed by atoms with Crippen LogP contribution in [0.5, 0.6) is 0 Å². The number of rotatable bonds is 2. The highest BCUT2D eigenvalue weighted by Crippen LogP contribution is 2.26. The first-order chi connectivity index (χ1) is 12.3. The summed E-state index contributed by atoms with van der Waals surface area (Å²) in [6, 6.07) is 6.29. The van der Waals surface area contributed by atoms with Crippen molar-refractivity contribution in [2.75, 3.05) is 29.4 Å². The molecule has 1 fully saturated rings. The average Bonchev–Trinajstić information content (AvgIpc) is 3.29. The van der Waals surface area contributed by atoms with Crippen molar-refractivity contribution in [2.45, 2.75) is 13.0 Å². The van der Waals surface area contributed by atoms with E-state index in [4.69, 9.17) is 0 Å². The Hall–Kier alpha value is -3.23. The van der Waals surface area contributed by atoms with Crippen molar-refractivity contribution < 1.29 is 0 Å². The van der Waals surface area contributed by atoms with Crippen LogP contribution in [0.1, 0.15) is 6.92 Å². The van der Waals surface area contributed by atoms with Crippen LogP contribution < -0.4 is 9.80 Å². The zero-order valence-electron chi connectivity index (χ0n) is 13.7. The van der Waals surface area contributed by atoms with E-state index in [0.717, 1.165) is 48.0 Å². The summed E-state index contributed by atoms with van der Waals surface area (Å²) in [7, 11) is 0. The maximum absolute atomic E-state index is 4.62. The van der Waals surface area contributed by atoms with Gasteiger partial charge in [0.1, 0.15) is 29.9 Å². The van der Waals surface area contributed by atoms with E-state index in [0.29, 0.717) is 6.04 Å². The first-order valence-electron chi connectivity index (χ1n) is 8.26. The van der Waals surface area contributed by atoms with Crippen molar-refractivity contribution in [3.05, 3.63) is 37.1 Å². The van der Waals surface area contributed by atoms with Gasteiger partial charge in [-0.1, -0.05) is 0 Å². The Morgan fingerprint density at radius 1 is 1.16 bits per heavy atom. The predicted molar refractivity (Wildman–Crippen MR) is 93.7 cm³/mol. The standard InChI is InChI=1S/C16H17N9/c1-11-8-23(16-12-4-5-17-15(12)18-9-19-16)6-7-24(11)14-3-2-13-21-20-10-25(13)22-14/h2-5,9-11H,6-8H2,1H3,(H,17,18,19). The van der Waals surface area contributed by atoms with Gasteiger partial charge in [-0.3, -0.25) is 0 Å². The van der Waals surface area contributed by atoms with Crippen molar-refractivity contribution in [3.8, 4) is 0 Å². The van der Waals surface area contributed by atoms with Gasteiger partial charge in [0.25, 0.3) is 0 Å². The molecule has 0 aromatic carbocycles.